The van der Waals surface area contributed by atoms with Crippen molar-refractivity contribution in [3.8, 4) is 0 Å². The zero-order valence-electron chi connectivity index (χ0n) is 13.0. The largest absolute Gasteiger partial charge is 1.00 e. The van der Waals surface area contributed by atoms with Crippen LogP contribution in [-0.4, -0.2) is 36.0 Å². The van der Waals surface area contributed by atoms with Gasteiger partial charge in [-0.1, -0.05) is 6.42 Å². The summed E-state index contributed by atoms with van der Waals surface area (Å²) in [5, 5.41) is 3.49. The molecule has 5 fully saturated rings. The summed E-state index contributed by atoms with van der Waals surface area (Å²) in [6.07, 6.45) is 12.0. The molecule has 4 saturated carbocycles. The molecule has 5 rings (SSSR count). The van der Waals surface area contributed by atoms with Crippen molar-refractivity contribution in [2.24, 2.45) is 17.8 Å². The monoisotopic (exact) mass is 311 g/mol. The second kappa shape index (κ2) is 6.08. The lowest BCUT2D eigenvalue weighted by molar-refractivity contribution is -0.128. The third kappa shape index (κ3) is 3.24. The quantitative estimate of drug-likeness (QED) is 0.766. The molecule has 0 atom stereocenters. The number of carbonyl (C=O) groups excluding carboxylic acids is 1. The van der Waals surface area contributed by atoms with Crippen LogP contribution in [0.2, 0.25) is 0 Å². The molecule has 0 aromatic heterocycles. The molecule has 0 aromatic carbocycles. The van der Waals surface area contributed by atoms with Gasteiger partial charge in [-0.05, 0) is 82.2 Å². The Balaban J connectivity index is 0.00000132. The standard InChI is InChI=1S/C17H28N2O.ClH/c20-16(12-19-4-2-1-3-5-19)18-17-9-13-6-14(10-17)8-15(7-13)11-17;/h13-15H,1-12H2,(H,18,20);1H/p-1. The predicted octanol–water partition coefficient (Wildman–Crippen LogP) is -0.439. The lowest BCUT2D eigenvalue weighted by atomic mass is 9.53. The molecule has 3 nitrogen and oxygen atoms in total. The first-order valence-electron chi connectivity index (χ1n) is 8.74. The third-order valence-corrected chi connectivity index (χ3v) is 6.26. The summed E-state index contributed by atoms with van der Waals surface area (Å²) in [5.74, 6) is 3.04. The fourth-order valence-corrected chi connectivity index (χ4v) is 5.92. The van der Waals surface area contributed by atoms with Gasteiger partial charge in [0, 0.05) is 5.54 Å². The van der Waals surface area contributed by atoms with Gasteiger partial charge in [-0.25, -0.2) is 0 Å². The Morgan fingerprint density at radius 3 is 2.00 bits per heavy atom. The van der Waals surface area contributed by atoms with E-state index in [1.165, 1.54) is 57.8 Å². The highest BCUT2D eigenvalue weighted by Crippen LogP contribution is 2.55. The zero-order chi connectivity index (χ0) is 13.6. The van der Waals surface area contributed by atoms with Crippen molar-refractivity contribution in [2.45, 2.75) is 63.3 Å². The Morgan fingerprint density at radius 2 is 1.48 bits per heavy atom. The van der Waals surface area contributed by atoms with E-state index in [0.29, 0.717) is 12.5 Å². The maximum atomic E-state index is 12.4. The van der Waals surface area contributed by atoms with E-state index < -0.39 is 0 Å². The molecule has 1 N–H and O–H groups in total. The maximum Gasteiger partial charge on any atom is 0.234 e. The van der Waals surface area contributed by atoms with E-state index in [2.05, 4.69) is 10.2 Å². The highest BCUT2D eigenvalue weighted by atomic mass is 35.5. The third-order valence-electron chi connectivity index (χ3n) is 6.26. The molecule has 1 saturated heterocycles. The number of halogens is 1. The van der Waals surface area contributed by atoms with Gasteiger partial charge in [0.15, 0.2) is 0 Å². The fourth-order valence-electron chi connectivity index (χ4n) is 5.92. The Bertz CT molecular complexity index is 357. The van der Waals surface area contributed by atoms with Crippen molar-refractivity contribution in [2.75, 3.05) is 19.6 Å². The van der Waals surface area contributed by atoms with Crippen LogP contribution < -0.4 is 17.7 Å². The number of likely N-dealkylation sites (tertiary alicyclic amines) is 1. The lowest BCUT2D eigenvalue weighted by Gasteiger charge is -2.57. The van der Waals surface area contributed by atoms with Crippen LogP contribution in [0.4, 0.5) is 0 Å². The molecule has 1 aliphatic heterocycles. The van der Waals surface area contributed by atoms with E-state index in [0.717, 1.165) is 30.8 Å². The number of carbonyl (C=O) groups is 1. The SMILES string of the molecule is O=C(CN1CCCCC1)NC12CC3CC(CC(C3)C1)C2.[Cl-]. The number of hydrogen-bond donors (Lipinski definition) is 1. The molecule has 4 bridgehead atoms. The van der Waals surface area contributed by atoms with Crippen molar-refractivity contribution in [3.05, 3.63) is 0 Å². The van der Waals surface area contributed by atoms with Gasteiger partial charge in [0.05, 0.1) is 6.54 Å². The number of nitrogens with zero attached hydrogens (tertiary/aromatic N) is 1. The minimum Gasteiger partial charge on any atom is -1.00 e. The van der Waals surface area contributed by atoms with E-state index in [1.807, 2.05) is 0 Å². The molecular formula is C17H28ClN2O-. The van der Waals surface area contributed by atoms with Gasteiger partial charge in [0.2, 0.25) is 5.91 Å². The second-order valence-corrected chi connectivity index (χ2v) is 8.08. The minimum atomic E-state index is 0. The summed E-state index contributed by atoms with van der Waals surface area (Å²) in [4.78, 5) is 14.8. The first-order valence-corrected chi connectivity index (χ1v) is 8.74. The average Bonchev–Trinajstić information content (AvgIpc) is 2.37. The predicted molar refractivity (Wildman–Crippen MR) is 79.3 cm³/mol. The van der Waals surface area contributed by atoms with Crippen molar-refractivity contribution in [3.63, 3.8) is 0 Å². The molecular weight excluding hydrogens is 284 g/mol. The van der Waals surface area contributed by atoms with Crippen LogP contribution >= 0.6 is 0 Å². The van der Waals surface area contributed by atoms with E-state index in [-0.39, 0.29) is 17.9 Å². The first-order chi connectivity index (χ1) is 9.71. The van der Waals surface area contributed by atoms with Crippen LogP contribution in [0.1, 0.15) is 57.8 Å². The second-order valence-electron chi connectivity index (χ2n) is 8.08. The highest BCUT2D eigenvalue weighted by Gasteiger charge is 2.51. The van der Waals surface area contributed by atoms with E-state index in [4.69, 9.17) is 0 Å². The molecule has 0 unspecified atom stereocenters. The van der Waals surface area contributed by atoms with Crippen LogP contribution in [0.25, 0.3) is 0 Å². The molecule has 0 spiro atoms. The normalized spacial score (nSPS) is 41.6. The first kappa shape index (κ1) is 15.6. The minimum absolute atomic E-state index is 0. The molecule has 0 aromatic rings. The summed E-state index contributed by atoms with van der Waals surface area (Å²) < 4.78 is 0. The number of rotatable bonds is 3. The van der Waals surface area contributed by atoms with E-state index >= 15 is 0 Å². The molecule has 120 valence electrons. The van der Waals surface area contributed by atoms with Gasteiger partial charge < -0.3 is 17.7 Å². The van der Waals surface area contributed by atoms with Gasteiger partial charge >= 0.3 is 0 Å². The molecule has 0 radical (unpaired) electrons. The van der Waals surface area contributed by atoms with Gasteiger partial charge in [0.25, 0.3) is 0 Å². The van der Waals surface area contributed by atoms with E-state index in [9.17, 15) is 4.79 Å². The van der Waals surface area contributed by atoms with E-state index in [1.54, 1.807) is 0 Å². The molecule has 1 amide bonds. The summed E-state index contributed by atoms with van der Waals surface area (Å²) in [6, 6.07) is 0. The van der Waals surface area contributed by atoms with Crippen LogP contribution in [-0.2, 0) is 4.79 Å². The highest BCUT2D eigenvalue weighted by molar-refractivity contribution is 5.79. The molecule has 1 heterocycles. The van der Waals surface area contributed by atoms with Crippen molar-refractivity contribution >= 4 is 5.91 Å². The molecule has 4 heteroatoms. The Hall–Kier alpha value is -0.280. The molecule has 5 aliphatic rings. The average molecular weight is 312 g/mol. The number of amides is 1. The molecule has 4 aliphatic carbocycles. The van der Waals surface area contributed by atoms with Crippen molar-refractivity contribution < 1.29 is 17.2 Å². The maximum absolute atomic E-state index is 12.4. The number of hydrogen-bond acceptors (Lipinski definition) is 2. The van der Waals surface area contributed by atoms with Crippen LogP contribution in [0.15, 0.2) is 0 Å². The summed E-state index contributed by atoms with van der Waals surface area (Å²) in [5.41, 5.74) is 0.196. The zero-order valence-corrected chi connectivity index (χ0v) is 13.7. The van der Waals surface area contributed by atoms with Crippen molar-refractivity contribution in [1.82, 2.24) is 10.2 Å². The lowest BCUT2D eigenvalue weighted by Crippen LogP contribution is -3.00. The summed E-state index contributed by atoms with van der Waals surface area (Å²) in [6.45, 7) is 2.88. The summed E-state index contributed by atoms with van der Waals surface area (Å²) in [7, 11) is 0. The smallest absolute Gasteiger partial charge is 0.234 e. The van der Waals surface area contributed by atoms with Gasteiger partial charge in [-0.15, -0.1) is 0 Å². The van der Waals surface area contributed by atoms with Crippen LogP contribution in [0.3, 0.4) is 0 Å². The van der Waals surface area contributed by atoms with Crippen molar-refractivity contribution in [1.29, 1.82) is 0 Å². The summed E-state index contributed by atoms with van der Waals surface area (Å²) >= 11 is 0. The Labute approximate surface area is 134 Å². The van der Waals surface area contributed by atoms with Gasteiger partial charge in [-0.2, -0.15) is 0 Å². The number of piperidine rings is 1. The Kier molecular flexibility index (Phi) is 4.52. The Morgan fingerprint density at radius 1 is 0.952 bits per heavy atom. The molecule has 21 heavy (non-hydrogen) atoms. The van der Waals surface area contributed by atoms with Crippen LogP contribution in [0, 0.1) is 17.8 Å². The fraction of sp³-hybridized carbons (Fsp3) is 0.941. The van der Waals surface area contributed by atoms with Crippen LogP contribution in [0.5, 0.6) is 0 Å². The number of nitrogens with one attached hydrogen (secondary N) is 1. The topological polar surface area (TPSA) is 32.3 Å². The van der Waals surface area contributed by atoms with Gasteiger partial charge in [-0.3, -0.25) is 9.69 Å². The van der Waals surface area contributed by atoms with Gasteiger partial charge in [0.1, 0.15) is 0 Å².